The van der Waals surface area contributed by atoms with Crippen molar-refractivity contribution in [2.75, 3.05) is 19.8 Å². The van der Waals surface area contributed by atoms with Crippen molar-refractivity contribution in [3.05, 3.63) is 58.9 Å². The van der Waals surface area contributed by atoms with Crippen LogP contribution in [0.1, 0.15) is 0 Å². The molecule has 6 nitrogen and oxygen atoms in total. The van der Waals surface area contributed by atoms with E-state index in [1.165, 1.54) is 11.3 Å². The van der Waals surface area contributed by atoms with Gasteiger partial charge in [-0.2, -0.15) is 4.99 Å². The van der Waals surface area contributed by atoms with Gasteiger partial charge in [0.2, 0.25) is 0 Å². The van der Waals surface area contributed by atoms with E-state index in [-0.39, 0.29) is 12.5 Å². The third-order valence-electron chi connectivity index (χ3n) is 4.05. The summed E-state index contributed by atoms with van der Waals surface area (Å²) in [5.74, 6) is 1.58. The average Bonchev–Trinajstić information content (AvgIpc) is 3.02. The molecule has 0 aliphatic carbocycles. The van der Waals surface area contributed by atoms with Crippen LogP contribution in [0.2, 0.25) is 5.02 Å². The number of aromatic nitrogens is 1. The molecule has 1 aromatic heterocycles. The van der Waals surface area contributed by atoms with E-state index in [0.29, 0.717) is 46.8 Å². The van der Waals surface area contributed by atoms with Crippen LogP contribution in [0.4, 0.5) is 0 Å². The molecular formula is C20H17ClN2O4S. The second kappa shape index (κ2) is 8.08. The molecule has 3 aromatic rings. The van der Waals surface area contributed by atoms with Crippen LogP contribution in [-0.4, -0.2) is 30.3 Å². The average molecular weight is 417 g/mol. The number of carbonyl (C=O) groups is 1. The molecule has 1 amide bonds. The molecule has 1 aliphatic rings. The molecule has 28 heavy (non-hydrogen) atoms. The molecule has 2 aromatic carbocycles. The molecule has 4 rings (SSSR count). The molecule has 0 saturated heterocycles. The number of amides is 1. The summed E-state index contributed by atoms with van der Waals surface area (Å²) in [5, 5.41) is 0.606. The Bertz CT molecular complexity index is 1100. The van der Waals surface area contributed by atoms with Gasteiger partial charge in [-0.15, -0.1) is 6.58 Å². The fourth-order valence-corrected chi connectivity index (χ4v) is 4.01. The summed E-state index contributed by atoms with van der Waals surface area (Å²) in [6, 6.07) is 10.6. The van der Waals surface area contributed by atoms with E-state index >= 15 is 0 Å². The predicted molar refractivity (Wildman–Crippen MR) is 109 cm³/mol. The predicted octanol–water partition coefficient (Wildman–Crippen LogP) is 3.82. The van der Waals surface area contributed by atoms with Gasteiger partial charge < -0.3 is 18.8 Å². The molecule has 0 atom stereocenters. The van der Waals surface area contributed by atoms with Crippen LogP contribution in [0.3, 0.4) is 0 Å². The van der Waals surface area contributed by atoms with Crippen LogP contribution < -0.4 is 19.0 Å². The number of halogens is 1. The minimum Gasteiger partial charge on any atom is -0.486 e. The highest BCUT2D eigenvalue weighted by Gasteiger charge is 2.16. The second-order valence-electron chi connectivity index (χ2n) is 6.00. The third kappa shape index (κ3) is 3.90. The molecule has 0 unspecified atom stereocenters. The van der Waals surface area contributed by atoms with Gasteiger partial charge in [0.05, 0.1) is 10.2 Å². The van der Waals surface area contributed by atoms with E-state index in [0.717, 1.165) is 10.2 Å². The fourth-order valence-electron chi connectivity index (χ4n) is 2.81. The number of hydrogen-bond acceptors (Lipinski definition) is 5. The zero-order valence-electron chi connectivity index (χ0n) is 14.9. The van der Waals surface area contributed by atoms with Crippen molar-refractivity contribution in [1.29, 1.82) is 0 Å². The van der Waals surface area contributed by atoms with Gasteiger partial charge in [0, 0.05) is 23.7 Å². The van der Waals surface area contributed by atoms with Gasteiger partial charge in [0.25, 0.3) is 5.91 Å². The largest absolute Gasteiger partial charge is 0.486 e. The highest BCUT2D eigenvalue weighted by Crippen LogP contribution is 2.35. The Morgan fingerprint density at radius 2 is 1.96 bits per heavy atom. The van der Waals surface area contributed by atoms with Crippen LogP contribution in [0.5, 0.6) is 17.2 Å². The maximum absolute atomic E-state index is 12.3. The summed E-state index contributed by atoms with van der Waals surface area (Å²) >= 11 is 7.25. The number of rotatable bonds is 5. The molecule has 1 aliphatic heterocycles. The Labute approximate surface area is 170 Å². The Balaban J connectivity index is 1.64. The van der Waals surface area contributed by atoms with Gasteiger partial charge in [-0.1, -0.05) is 29.0 Å². The third-order valence-corrected chi connectivity index (χ3v) is 5.35. The van der Waals surface area contributed by atoms with Gasteiger partial charge >= 0.3 is 0 Å². The number of carbonyl (C=O) groups excluding carboxylic acids is 1. The lowest BCUT2D eigenvalue weighted by Crippen LogP contribution is -2.19. The van der Waals surface area contributed by atoms with Gasteiger partial charge in [0.15, 0.2) is 22.9 Å². The molecule has 144 valence electrons. The zero-order valence-corrected chi connectivity index (χ0v) is 16.5. The molecule has 0 fully saturated rings. The van der Waals surface area contributed by atoms with Crippen molar-refractivity contribution in [2.24, 2.45) is 4.99 Å². The lowest BCUT2D eigenvalue weighted by Gasteiger charge is -2.18. The summed E-state index contributed by atoms with van der Waals surface area (Å²) in [4.78, 5) is 17.2. The van der Waals surface area contributed by atoms with Crippen molar-refractivity contribution >= 4 is 39.1 Å². The summed E-state index contributed by atoms with van der Waals surface area (Å²) in [6.07, 6.45) is 1.76. The first-order chi connectivity index (χ1) is 13.6. The standard InChI is InChI=1S/C20H17ClN2O4S/c1-2-7-23-15-10-16-17(26-9-8-25-16)11-18(15)28-20(23)22-19(24)12-27-14-5-3-13(21)4-6-14/h2-6,10-11H,1,7-9,12H2. The van der Waals surface area contributed by atoms with E-state index in [9.17, 15) is 4.79 Å². The number of thiazole rings is 1. The monoisotopic (exact) mass is 416 g/mol. The van der Waals surface area contributed by atoms with E-state index in [1.807, 2.05) is 16.7 Å². The first-order valence-corrected chi connectivity index (χ1v) is 9.83. The number of hydrogen-bond donors (Lipinski definition) is 0. The molecule has 0 bridgehead atoms. The minimum atomic E-state index is -0.378. The summed E-state index contributed by atoms with van der Waals surface area (Å²) in [5.41, 5.74) is 0.916. The molecule has 2 heterocycles. The Morgan fingerprint density at radius 1 is 1.25 bits per heavy atom. The van der Waals surface area contributed by atoms with E-state index in [4.69, 9.17) is 25.8 Å². The van der Waals surface area contributed by atoms with Crippen molar-refractivity contribution in [3.63, 3.8) is 0 Å². The van der Waals surface area contributed by atoms with E-state index < -0.39 is 0 Å². The number of benzene rings is 2. The van der Waals surface area contributed by atoms with E-state index in [1.54, 1.807) is 30.3 Å². The van der Waals surface area contributed by atoms with Crippen molar-refractivity contribution in [2.45, 2.75) is 6.54 Å². The van der Waals surface area contributed by atoms with Crippen LogP contribution in [-0.2, 0) is 11.3 Å². The summed E-state index contributed by atoms with van der Waals surface area (Å²) in [7, 11) is 0. The van der Waals surface area contributed by atoms with Crippen LogP contribution in [0, 0.1) is 0 Å². The Hall–Kier alpha value is -2.77. The number of ether oxygens (including phenoxy) is 3. The highest BCUT2D eigenvalue weighted by atomic mass is 35.5. The Morgan fingerprint density at radius 3 is 2.68 bits per heavy atom. The molecular weight excluding hydrogens is 400 g/mol. The highest BCUT2D eigenvalue weighted by molar-refractivity contribution is 7.16. The van der Waals surface area contributed by atoms with Gasteiger partial charge in [0.1, 0.15) is 19.0 Å². The minimum absolute atomic E-state index is 0.160. The normalized spacial score (nSPS) is 13.5. The lowest BCUT2D eigenvalue weighted by atomic mass is 10.2. The topological polar surface area (TPSA) is 62.1 Å². The molecule has 0 spiro atoms. The SMILES string of the molecule is C=CCn1c(=NC(=O)COc2ccc(Cl)cc2)sc2cc3c(cc21)OCCO3. The van der Waals surface area contributed by atoms with Crippen molar-refractivity contribution in [3.8, 4) is 17.2 Å². The van der Waals surface area contributed by atoms with Crippen LogP contribution >= 0.6 is 22.9 Å². The van der Waals surface area contributed by atoms with Gasteiger partial charge in [-0.3, -0.25) is 4.79 Å². The quantitative estimate of drug-likeness (QED) is 0.593. The zero-order chi connectivity index (χ0) is 19.5. The summed E-state index contributed by atoms with van der Waals surface area (Å²) < 4.78 is 19.7. The fraction of sp³-hybridized carbons (Fsp3) is 0.200. The van der Waals surface area contributed by atoms with Crippen molar-refractivity contribution < 1.29 is 19.0 Å². The summed E-state index contributed by atoms with van der Waals surface area (Å²) in [6.45, 7) is 5.19. The van der Waals surface area contributed by atoms with Gasteiger partial charge in [-0.25, -0.2) is 0 Å². The Kier molecular flexibility index (Phi) is 5.36. The second-order valence-corrected chi connectivity index (χ2v) is 7.44. The van der Waals surface area contributed by atoms with Crippen LogP contribution in [0.25, 0.3) is 10.2 Å². The maximum atomic E-state index is 12.3. The first kappa shape index (κ1) is 18.6. The number of nitrogens with zero attached hydrogens (tertiary/aromatic N) is 2. The number of allylic oxidation sites excluding steroid dienone is 1. The van der Waals surface area contributed by atoms with Crippen molar-refractivity contribution in [1.82, 2.24) is 4.57 Å². The maximum Gasteiger partial charge on any atom is 0.286 e. The molecule has 0 N–H and O–H groups in total. The molecule has 0 radical (unpaired) electrons. The first-order valence-electron chi connectivity index (χ1n) is 8.64. The molecule has 0 saturated carbocycles. The van der Waals surface area contributed by atoms with E-state index in [2.05, 4.69) is 11.6 Å². The van der Waals surface area contributed by atoms with Gasteiger partial charge in [-0.05, 0) is 24.3 Å². The number of fused-ring (bicyclic) bond motifs is 2. The lowest BCUT2D eigenvalue weighted by molar-refractivity contribution is -0.120. The molecule has 8 heteroatoms. The smallest absolute Gasteiger partial charge is 0.286 e. The van der Waals surface area contributed by atoms with Crippen LogP contribution in [0.15, 0.2) is 54.0 Å².